The summed E-state index contributed by atoms with van der Waals surface area (Å²) in [6.07, 6.45) is 4.55. The molecule has 164 valence electrons. The van der Waals surface area contributed by atoms with E-state index in [1.54, 1.807) is 18.3 Å². The summed E-state index contributed by atoms with van der Waals surface area (Å²) in [6.45, 7) is 4.22. The monoisotopic (exact) mass is 448 g/mol. The first-order valence-electron chi connectivity index (χ1n) is 10.3. The van der Waals surface area contributed by atoms with Gasteiger partial charge in [0.2, 0.25) is 5.91 Å². The van der Waals surface area contributed by atoms with Crippen LogP contribution in [0.4, 0.5) is 5.69 Å². The highest BCUT2D eigenvalue weighted by Gasteiger charge is 2.12. The number of anilines is 1. The van der Waals surface area contributed by atoms with Gasteiger partial charge in [0, 0.05) is 29.7 Å². The molecule has 1 aromatic carbocycles. The lowest BCUT2D eigenvalue weighted by Crippen LogP contribution is -2.21. The molecule has 4 rings (SSSR count). The molecule has 4 aromatic rings. The number of nitrogens with one attached hydrogen (secondary N) is 1. The summed E-state index contributed by atoms with van der Waals surface area (Å²) < 4.78 is 2.92. The van der Waals surface area contributed by atoms with Crippen LogP contribution in [0.15, 0.2) is 58.6 Å². The molecule has 1 N–H and O–H groups in total. The van der Waals surface area contributed by atoms with Crippen LogP contribution in [0, 0.1) is 13.8 Å². The average molecular weight is 449 g/mol. The van der Waals surface area contributed by atoms with E-state index in [9.17, 15) is 9.59 Å². The highest BCUT2D eigenvalue weighted by atomic mass is 32.2. The second-order valence-corrected chi connectivity index (χ2v) is 8.25. The average Bonchev–Trinajstić information content (AvgIpc) is 3.08. The summed E-state index contributed by atoms with van der Waals surface area (Å²) in [6, 6.07) is 12.9. The van der Waals surface area contributed by atoms with Crippen molar-refractivity contribution in [2.45, 2.75) is 38.4 Å². The first-order chi connectivity index (χ1) is 15.4. The Balaban J connectivity index is 1.42. The third kappa shape index (κ3) is 4.72. The van der Waals surface area contributed by atoms with Crippen molar-refractivity contribution in [3.8, 4) is 0 Å². The Bertz CT molecular complexity index is 1320. The van der Waals surface area contributed by atoms with E-state index in [0.29, 0.717) is 30.7 Å². The molecular formula is C23H24N6O2S. The van der Waals surface area contributed by atoms with Crippen LogP contribution in [0.3, 0.4) is 0 Å². The molecule has 0 bridgehead atoms. The molecule has 1 amide bonds. The van der Waals surface area contributed by atoms with Crippen LogP contribution in [0.25, 0.3) is 5.65 Å². The SMILES string of the molecule is CSc1nc(C)c(CCC(=O)Nc2cccc(Cn3nc4ccccn4c3=O)c2)c(C)n1. The lowest BCUT2D eigenvalue weighted by molar-refractivity contribution is -0.116. The normalized spacial score (nSPS) is 11.1. The van der Waals surface area contributed by atoms with Crippen molar-refractivity contribution >= 4 is 29.0 Å². The maximum absolute atomic E-state index is 12.5. The summed E-state index contributed by atoms with van der Waals surface area (Å²) >= 11 is 1.51. The number of hydrogen-bond donors (Lipinski definition) is 1. The van der Waals surface area contributed by atoms with Gasteiger partial charge in [-0.3, -0.25) is 9.20 Å². The molecule has 0 spiro atoms. The van der Waals surface area contributed by atoms with Gasteiger partial charge in [0.1, 0.15) is 0 Å². The standard InChI is InChI=1S/C23H24N6O2S/c1-15-19(16(2)25-22(24-15)32-3)10-11-21(30)26-18-8-6-7-17(13-18)14-29-23(31)28-12-5-4-9-20(28)27-29/h4-9,12-13H,10-11,14H2,1-3H3,(H,26,30). The molecule has 0 fully saturated rings. The molecule has 0 saturated carbocycles. The van der Waals surface area contributed by atoms with Gasteiger partial charge in [-0.1, -0.05) is 30.0 Å². The first-order valence-corrected chi connectivity index (χ1v) is 11.5. The van der Waals surface area contributed by atoms with Crippen molar-refractivity contribution in [3.05, 3.63) is 81.7 Å². The maximum atomic E-state index is 12.5. The maximum Gasteiger partial charge on any atom is 0.350 e. The number of nitrogens with zero attached hydrogens (tertiary/aromatic N) is 5. The van der Waals surface area contributed by atoms with Crippen molar-refractivity contribution in [2.75, 3.05) is 11.6 Å². The van der Waals surface area contributed by atoms with Crippen molar-refractivity contribution < 1.29 is 4.79 Å². The lowest BCUT2D eigenvalue weighted by atomic mass is 10.1. The topological polar surface area (TPSA) is 94.2 Å². The number of thioether (sulfide) groups is 1. The number of rotatable bonds is 7. The van der Waals surface area contributed by atoms with E-state index in [4.69, 9.17) is 0 Å². The molecular weight excluding hydrogens is 424 g/mol. The molecule has 8 nitrogen and oxygen atoms in total. The Hall–Kier alpha value is -3.46. The number of benzene rings is 1. The van der Waals surface area contributed by atoms with Gasteiger partial charge in [-0.05, 0) is 61.9 Å². The fraction of sp³-hybridized carbons (Fsp3) is 0.261. The Morgan fingerprint density at radius 2 is 1.88 bits per heavy atom. The van der Waals surface area contributed by atoms with Crippen LogP contribution < -0.4 is 11.0 Å². The number of carbonyl (C=O) groups is 1. The zero-order valence-electron chi connectivity index (χ0n) is 18.2. The molecule has 0 saturated heterocycles. The third-order valence-electron chi connectivity index (χ3n) is 5.22. The van der Waals surface area contributed by atoms with Crippen molar-refractivity contribution in [1.29, 1.82) is 0 Å². The van der Waals surface area contributed by atoms with E-state index in [1.165, 1.54) is 20.8 Å². The Kier molecular flexibility index (Phi) is 6.36. The smallest absolute Gasteiger partial charge is 0.326 e. The summed E-state index contributed by atoms with van der Waals surface area (Å²) in [7, 11) is 0. The number of carbonyl (C=O) groups excluding carboxylic acids is 1. The van der Waals surface area contributed by atoms with Gasteiger partial charge in [0.15, 0.2) is 10.8 Å². The minimum Gasteiger partial charge on any atom is -0.326 e. The summed E-state index contributed by atoms with van der Waals surface area (Å²) in [5.41, 5.74) is 4.80. The lowest BCUT2D eigenvalue weighted by Gasteiger charge is -2.11. The van der Waals surface area contributed by atoms with Crippen molar-refractivity contribution in [3.63, 3.8) is 0 Å². The van der Waals surface area contributed by atoms with Gasteiger partial charge in [-0.15, -0.1) is 5.10 Å². The molecule has 0 aliphatic rings. The third-order valence-corrected chi connectivity index (χ3v) is 5.76. The van der Waals surface area contributed by atoms with Gasteiger partial charge in [0.25, 0.3) is 0 Å². The number of amides is 1. The number of aromatic nitrogens is 5. The zero-order chi connectivity index (χ0) is 22.7. The van der Waals surface area contributed by atoms with Crippen molar-refractivity contribution in [1.82, 2.24) is 24.1 Å². The second kappa shape index (κ2) is 9.35. The zero-order valence-corrected chi connectivity index (χ0v) is 19.0. The molecule has 0 unspecified atom stereocenters. The second-order valence-electron chi connectivity index (χ2n) is 7.48. The van der Waals surface area contributed by atoms with Gasteiger partial charge in [-0.2, -0.15) is 0 Å². The number of pyridine rings is 1. The fourth-order valence-corrected chi connectivity index (χ4v) is 4.07. The Morgan fingerprint density at radius 3 is 2.59 bits per heavy atom. The van der Waals surface area contributed by atoms with Crippen LogP contribution in [-0.2, 0) is 17.8 Å². The van der Waals surface area contributed by atoms with E-state index in [2.05, 4.69) is 20.4 Å². The predicted molar refractivity (Wildman–Crippen MR) is 125 cm³/mol. The number of fused-ring (bicyclic) bond motifs is 1. The predicted octanol–water partition coefficient (Wildman–Crippen LogP) is 3.24. The van der Waals surface area contributed by atoms with E-state index in [0.717, 1.165) is 27.7 Å². The summed E-state index contributed by atoms with van der Waals surface area (Å²) in [5, 5.41) is 8.05. The van der Waals surface area contributed by atoms with Crippen LogP contribution in [0.2, 0.25) is 0 Å². The highest BCUT2D eigenvalue weighted by Crippen LogP contribution is 2.18. The molecule has 0 aliphatic carbocycles. The van der Waals surface area contributed by atoms with Gasteiger partial charge < -0.3 is 5.32 Å². The van der Waals surface area contributed by atoms with Crippen LogP contribution >= 0.6 is 11.8 Å². The quantitative estimate of drug-likeness (QED) is 0.345. The first kappa shape index (κ1) is 21.8. The van der Waals surface area contributed by atoms with Gasteiger partial charge >= 0.3 is 5.69 Å². The van der Waals surface area contributed by atoms with Gasteiger partial charge in [-0.25, -0.2) is 19.4 Å². The number of hydrogen-bond acceptors (Lipinski definition) is 6. The summed E-state index contributed by atoms with van der Waals surface area (Å²) in [5.74, 6) is -0.0835. The van der Waals surface area contributed by atoms with E-state index in [-0.39, 0.29) is 11.6 Å². The molecule has 3 heterocycles. The fourth-order valence-electron chi connectivity index (χ4n) is 3.62. The molecule has 3 aromatic heterocycles. The highest BCUT2D eigenvalue weighted by molar-refractivity contribution is 7.98. The van der Waals surface area contributed by atoms with E-state index in [1.807, 2.05) is 50.4 Å². The van der Waals surface area contributed by atoms with Crippen LogP contribution in [0.1, 0.15) is 28.9 Å². The Morgan fingerprint density at radius 1 is 1.09 bits per heavy atom. The molecule has 0 aliphatic heterocycles. The van der Waals surface area contributed by atoms with Gasteiger partial charge in [0.05, 0.1) is 6.54 Å². The number of aryl methyl sites for hydroxylation is 2. The van der Waals surface area contributed by atoms with E-state index >= 15 is 0 Å². The molecule has 0 atom stereocenters. The van der Waals surface area contributed by atoms with E-state index < -0.39 is 0 Å². The Labute approximate surface area is 189 Å². The summed E-state index contributed by atoms with van der Waals surface area (Å²) in [4.78, 5) is 34.0. The molecule has 32 heavy (non-hydrogen) atoms. The molecule has 9 heteroatoms. The minimum atomic E-state index is -0.199. The van der Waals surface area contributed by atoms with Crippen LogP contribution in [0.5, 0.6) is 0 Å². The largest absolute Gasteiger partial charge is 0.350 e. The minimum absolute atomic E-state index is 0.0835. The molecule has 0 radical (unpaired) electrons. The van der Waals surface area contributed by atoms with Crippen LogP contribution in [-0.4, -0.2) is 36.3 Å². The van der Waals surface area contributed by atoms with Crippen molar-refractivity contribution in [2.24, 2.45) is 0 Å².